The molecule has 0 N–H and O–H groups in total. The summed E-state index contributed by atoms with van der Waals surface area (Å²) in [6.07, 6.45) is 2.11. The molecule has 1 heterocycles. The number of non-ortho nitro benzene ring substituents is 2. The molecule has 10 heteroatoms. The van der Waals surface area contributed by atoms with Gasteiger partial charge in [0.1, 0.15) is 0 Å². The van der Waals surface area contributed by atoms with Crippen LogP contribution < -0.4 is 0 Å². The van der Waals surface area contributed by atoms with Crippen molar-refractivity contribution in [3.8, 4) is 0 Å². The summed E-state index contributed by atoms with van der Waals surface area (Å²) in [6, 6.07) is 8.84. The Bertz CT molecular complexity index is 1050. The number of esters is 1. The van der Waals surface area contributed by atoms with Crippen LogP contribution in [0.5, 0.6) is 0 Å². The fourth-order valence-corrected chi connectivity index (χ4v) is 3.22. The van der Waals surface area contributed by atoms with E-state index in [4.69, 9.17) is 0 Å². The molecular weight excluding hydrogens is 394 g/mol. The number of fused-ring (bicyclic) bond motifs is 1. The Morgan fingerprint density at radius 3 is 2.20 bits per heavy atom. The summed E-state index contributed by atoms with van der Waals surface area (Å²) in [5, 5.41) is 21.0. The van der Waals surface area contributed by atoms with Gasteiger partial charge in [0, 0.05) is 42.4 Å². The molecule has 30 heavy (non-hydrogen) atoms. The number of rotatable bonds is 4. The van der Waals surface area contributed by atoms with E-state index in [-0.39, 0.29) is 17.3 Å². The maximum atomic E-state index is 11.9. The van der Waals surface area contributed by atoms with Crippen LogP contribution in [0, 0.1) is 27.2 Å². The van der Waals surface area contributed by atoms with E-state index in [1.807, 2.05) is 4.90 Å². The van der Waals surface area contributed by atoms with Crippen LogP contribution in [0.3, 0.4) is 0 Å². The first kappa shape index (κ1) is 20.9. The van der Waals surface area contributed by atoms with Gasteiger partial charge >= 0.3 is 5.97 Å². The number of nitrogens with zero attached hydrogens (tertiary/aromatic N) is 3. The van der Waals surface area contributed by atoms with Gasteiger partial charge < -0.3 is 9.64 Å². The summed E-state index contributed by atoms with van der Waals surface area (Å²) in [5.74, 6) is -0.468. The van der Waals surface area contributed by atoms with Crippen molar-refractivity contribution in [1.29, 1.82) is 0 Å². The molecule has 1 aliphatic heterocycles. The van der Waals surface area contributed by atoms with E-state index in [1.165, 1.54) is 37.4 Å². The van der Waals surface area contributed by atoms with Gasteiger partial charge in [-0.3, -0.25) is 25.0 Å². The Hall–Kier alpha value is -3.82. The van der Waals surface area contributed by atoms with Gasteiger partial charge in [-0.2, -0.15) is 0 Å². The third-order valence-corrected chi connectivity index (χ3v) is 4.95. The Morgan fingerprint density at radius 2 is 1.67 bits per heavy atom. The smallest absolute Gasteiger partial charge is 0.338 e. The Morgan fingerprint density at radius 1 is 1.07 bits per heavy atom. The fourth-order valence-electron chi connectivity index (χ4n) is 3.22. The van der Waals surface area contributed by atoms with Crippen LogP contribution in [-0.4, -0.2) is 39.8 Å². The van der Waals surface area contributed by atoms with E-state index < -0.39 is 15.8 Å². The first-order valence-corrected chi connectivity index (χ1v) is 9.14. The monoisotopic (exact) mass is 413 g/mol. The normalized spacial score (nSPS) is 14.5. The standard InChI is InChI=1S/C11H10N2O3.C9H9NO4/c14-11-10-4-3-9(13(15)16)5-7(10)6-12(11)8-1-2-8;1-6-5-7(10(12)13)3-4-8(6)9(11)14-2/h3-5,8H,1-2,6H2;3-5H,1-2H3. The van der Waals surface area contributed by atoms with Gasteiger partial charge in [-0.15, -0.1) is 0 Å². The van der Waals surface area contributed by atoms with Crippen LogP contribution >= 0.6 is 0 Å². The molecular formula is C20H19N3O7. The van der Waals surface area contributed by atoms with Gasteiger partial charge in [-0.1, -0.05) is 0 Å². The molecule has 0 unspecified atom stereocenters. The number of benzene rings is 2. The number of aryl methyl sites for hydroxylation is 1. The van der Waals surface area contributed by atoms with E-state index in [9.17, 15) is 29.8 Å². The van der Waals surface area contributed by atoms with Gasteiger partial charge in [-0.05, 0) is 43.0 Å². The molecule has 1 aliphatic carbocycles. The lowest BCUT2D eigenvalue weighted by Crippen LogP contribution is -2.25. The summed E-state index contributed by atoms with van der Waals surface area (Å²) >= 11 is 0. The Labute approximate surface area is 171 Å². The van der Waals surface area contributed by atoms with Crippen molar-refractivity contribution in [2.45, 2.75) is 32.4 Å². The van der Waals surface area contributed by atoms with Crippen molar-refractivity contribution in [3.05, 3.63) is 78.9 Å². The van der Waals surface area contributed by atoms with Crippen molar-refractivity contribution in [3.63, 3.8) is 0 Å². The second-order valence-corrected chi connectivity index (χ2v) is 7.01. The van der Waals surface area contributed by atoms with E-state index in [1.54, 1.807) is 13.0 Å². The molecule has 0 atom stereocenters. The van der Waals surface area contributed by atoms with Gasteiger partial charge in [-0.25, -0.2) is 4.79 Å². The summed E-state index contributed by atoms with van der Waals surface area (Å²) in [7, 11) is 1.27. The summed E-state index contributed by atoms with van der Waals surface area (Å²) < 4.78 is 4.51. The minimum absolute atomic E-state index is 0.0207. The zero-order valence-electron chi connectivity index (χ0n) is 16.4. The Balaban J connectivity index is 0.000000173. The van der Waals surface area contributed by atoms with Crippen LogP contribution in [0.4, 0.5) is 11.4 Å². The van der Waals surface area contributed by atoms with Crippen LogP contribution in [-0.2, 0) is 11.3 Å². The van der Waals surface area contributed by atoms with Crippen molar-refractivity contribution in [1.82, 2.24) is 4.90 Å². The highest BCUT2D eigenvalue weighted by Gasteiger charge is 2.38. The van der Waals surface area contributed by atoms with Crippen LogP contribution in [0.25, 0.3) is 0 Å². The molecule has 2 aromatic rings. The molecule has 0 bridgehead atoms. The molecule has 0 saturated heterocycles. The minimum Gasteiger partial charge on any atom is -0.465 e. The highest BCUT2D eigenvalue weighted by Crippen LogP contribution is 2.35. The van der Waals surface area contributed by atoms with Crippen LogP contribution in [0.15, 0.2) is 36.4 Å². The molecule has 4 rings (SSSR count). The number of nitro groups is 2. The molecule has 1 amide bonds. The Kier molecular flexibility index (Phi) is 5.77. The first-order valence-electron chi connectivity index (χ1n) is 9.14. The second-order valence-electron chi connectivity index (χ2n) is 7.01. The van der Waals surface area contributed by atoms with Crippen molar-refractivity contribution in [2.24, 2.45) is 0 Å². The summed E-state index contributed by atoms with van der Waals surface area (Å²) in [6.45, 7) is 2.15. The molecule has 0 spiro atoms. The molecule has 10 nitrogen and oxygen atoms in total. The molecule has 156 valence electrons. The zero-order chi connectivity index (χ0) is 22.0. The van der Waals surface area contributed by atoms with Gasteiger partial charge in [0.05, 0.1) is 22.5 Å². The number of methoxy groups -OCH3 is 1. The lowest BCUT2D eigenvalue weighted by Gasteiger charge is -2.13. The maximum Gasteiger partial charge on any atom is 0.338 e. The lowest BCUT2D eigenvalue weighted by atomic mass is 10.1. The van der Waals surface area contributed by atoms with E-state index in [0.717, 1.165) is 18.4 Å². The quantitative estimate of drug-likeness (QED) is 0.426. The third-order valence-electron chi connectivity index (χ3n) is 4.95. The topological polar surface area (TPSA) is 133 Å². The second kappa shape index (κ2) is 8.27. The SMILES string of the molecule is COC(=O)c1ccc([N+](=O)[O-])cc1C.O=C1c2ccc([N+](=O)[O-])cc2CN1C1CC1. The number of amides is 1. The zero-order valence-corrected chi connectivity index (χ0v) is 16.4. The number of carbonyl (C=O) groups excluding carboxylic acids is 2. The molecule has 1 saturated carbocycles. The molecule has 2 aliphatic rings. The molecule has 2 aromatic carbocycles. The summed E-state index contributed by atoms with van der Waals surface area (Å²) in [4.78, 5) is 44.9. The van der Waals surface area contributed by atoms with Crippen molar-refractivity contribution >= 4 is 23.3 Å². The average Bonchev–Trinajstić information content (AvgIpc) is 3.51. The average molecular weight is 413 g/mol. The molecule has 1 fully saturated rings. The molecule has 0 radical (unpaired) electrons. The highest BCUT2D eigenvalue weighted by atomic mass is 16.6. The van der Waals surface area contributed by atoms with E-state index in [0.29, 0.717) is 29.3 Å². The van der Waals surface area contributed by atoms with Gasteiger partial charge in [0.25, 0.3) is 17.3 Å². The van der Waals surface area contributed by atoms with Crippen LogP contribution in [0.1, 0.15) is 44.7 Å². The number of hydrogen-bond donors (Lipinski definition) is 0. The number of hydrogen-bond acceptors (Lipinski definition) is 7. The number of ether oxygens (including phenoxy) is 1. The molecule has 0 aromatic heterocycles. The number of carbonyl (C=O) groups is 2. The third kappa shape index (κ3) is 4.27. The summed E-state index contributed by atoms with van der Waals surface area (Å²) in [5.41, 5.74) is 2.31. The predicted octanol–water partition coefficient (Wildman–Crippen LogP) is 3.40. The fraction of sp³-hybridized carbons (Fsp3) is 0.300. The van der Waals surface area contributed by atoms with Crippen molar-refractivity contribution < 1.29 is 24.2 Å². The number of nitro benzene ring substituents is 2. The van der Waals surface area contributed by atoms with E-state index in [2.05, 4.69) is 4.74 Å². The van der Waals surface area contributed by atoms with E-state index >= 15 is 0 Å². The van der Waals surface area contributed by atoms with Gasteiger partial charge in [0.15, 0.2) is 0 Å². The minimum atomic E-state index is -0.506. The maximum absolute atomic E-state index is 11.9. The van der Waals surface area contributed by atoms with Gasteiger partial charge in [0.2, 0.25) is 0 Å². The highest BCUT2D eigenvalue weighted by molar-refractivity contribution is 5.99. The van der Waals surface area contributed by atoms with Crippen LogP contribution in [0.2, 0.25) is 0 Å². The predicted molar refractivity (Wildman–Crippen MR) is 105 cm³/mol. The lowest BCUT2D eigenvalue weighted by molar-refractivity contribution is -0.385. The first-order chi connectivity index (χ1) is 14.2. The largest absolute Gasteiger partial charge is 0.465 e. The van der Waals surface area contributed by atoms with Crippen molar-refractivity contribution in [2.75, 3.05) is 7.11 Å².